The number of β-lactam (4-membered cyclic amide) rings is 1. The summed E-state index contributed by atoms with van der Waals surface area (Å²) in [4.78, 5) is 53.4. The second kappa shape index (κ2) is 13.5. The van der Waals surface area contributed by atoms with Gasteiger partial charge < -0.3 is 24.3 Å². The SMILES string of the molecule is CC(=O)OC1CC(=O)N1c1ccc(CN2C(=O)[C@@]3(O[C@@H](CCn4cc(C(CO)c5ccccc5)nn4)[C@H]([Si](C)(C)O)[C@H]3C)c3ccccc32)cc1. The van der Waals surface area contributed by atoms with Crippen LogP contribution in [-0.4, -0.2) is 69.9 Å². The van der Waals surface area contributed by atoms with Crippen molar-refractivity contribution in [2.24, 2.45) is 5.92 Å². The molecular weight excluding hydrogens is 667 g/mol. The maximum Gasteiger partial charge on any atom is 0.304 e. The van der Waals surface area contributed by atoms with Gasteiger partial charge in [0.1, 0.15) is 0 Å². The smallest absolute Gasteiger partial charge is 0.304 e. The molecule has 4 aromatic rings. The van der Waals surface area contributed by atoms with Gasteiger partial charge in [-0.1, -0.05) is 72.8 Å². The van der Waals surface area contributed by atoms with Crippen molar-refractivity contribution in [2.45, 2.75) is 82.3 Å². The van der Waals surface area contributed by atoms with Crippen LogP contribution in [0, 0.1) is 5.92 Å². The van der Waals surface area contributed by atoms with Crippen molar-refractivity contribution in [3.63, 3.8) is 0 Å². The number of carbonyl (C=O) groups excluding carboxylic acids is 3. The third-order valence-corrected chi connectivity index (χ3v) is 13.1. The standard InChI is InChI=1S/C38H43N5O7Si/c1-24-36(51(3,4)48)33(18-19-41-22-31(39-40-41)29(23-44)27-10-6-5-7-11-27)50-38(24)30-12-8-9-13-32(30)42(37(38)47)21-26-14-16-28(17-15-26)43-34(46)20-35(43)49-25(2)45/h5-17,22,24,29,33,35-36,44,48H,18-21,23H2,1-4H3/t24-,29?,33+,35?,36-,38+/m1/s1. The number of carbonyl (C=O) groups is 3. The first-order chi connectivity index (χ1) is 24.4. The van der Waals surface area contributed by atoms with Gasteiger partial charge in [-0.3, -0.25) is 24.0 Å². The zero-order valence-electron chi connectivity index (χ0n) is 29.2. The lowest BCUT2D eigenvalue weighted by Crippen LogP contribution is -2.54. The molecule has 0 aliphatic carbocycles. The molecule has 7 rings (SSSR count). The Morgan fingerprint density at radius 2 is 1.76 bits per heavy atom. The maximum atomic E-state index is 14.7. The van der Waals surface area contributed by atoms with Gasteiger partial charge in [0, 0.05) is 42.4 Å². The molecule has 0 bridgehead atoms. The molecule has 2 amide bonds. The van der Waals surface area contributed by atoms with Crippen molar-refractivity contribution in [3.8, 4) is 0 Å². The number of nitrogens with zero attached hydrogens (tertiary/aromatic N) is 5. The van der Waals surface area contributed by atoms with E-state index in [9.17, 15) is 24.3 Å². The lowest BCUT2D eigenvalue weighted by molar-refractivity contribution is -0.154. The molecule has 1 spiro atoms. The molecule has 2 unspecified atom stereocenters. The zero-order valence-corrected chi connectivity index (χ0v) is 30.2. The molecule has 13 heteroatoms. The number of ether oxygens (including phenoxy) is 2. The largest absolute Gasteiger partial charge is 0.441 e. The molecule has 4 heterocycles. The molecular formula is C38H43N5O7Si. The van der Waals surface area contributed by atoms with Gasteiger partial charge >= 0.3 is 5.97 Å². The van der Waals surface area contributed by atoms with Crippen LogP contribution >= 0.6 is 0 Å². The van der Waals surface area contributed by atoms with Crippen LogP contribution in [0.25, 0.3) is 0 Å². The second-order valence-corrected chi connectivity index (χ2v) is 18.3. The number of aliphatic hydroxyl groups excluding tert-OH is 1. The van der Waals surface area contributed by atoms with E-state index in [1.54, 1.807) is 21.7 Å². The highest BCUT2D eigenvalue weighted by Crippen LogP contribution is 2.59. The van der Waals surface area contributed by atoms with Crippen LogP contribution in [-0.2, 0) is 42.5 Å². The summed E-state index contributed by atoms with van der Waals surface area (Å²) in [6.45, 7) is 7.78. The maximum absolute atomic E-state index is 14.7. The number of benzene rings is 3. The first-order valence-corrected chi connectivity index (χ1v) is 20.4. The van der Waals surface area contributed by atoms with E-state index in [0.29, 0.717) is 24.3 Å². The summed E-state index contributed by atoms with van der Waals surface area (Å²) in [6, 6.07) is 24.7. The van der Waals surface area contributed by atoms with Gasteiger partial charge in [-0.2, -0.15) is 0 Å². The van der Waals surface area contributed by atoms with Crippen LogP contribution in [0.2, 0.25) is 18.6 Å². The highest BCUT2D eigenvalue weighted by molar-refractivity contribution is 6.71. The van der Waals surface area contributed by atoms with Crippen LogP contribution in [0.1, 0.15) is 55.0 Å². The van der Waals surface area contributed by atoms with Gasteiger partial charge in [0.25, 0.3) is 5.91 Å². The van der Waals surface area contributed by atoms with E-state index in [0.717, 1.165) is 22.4 Å². The minimum Gasteiger partial charge on any atom is -0.441 e. The fourth-order valence-corrected chi connectivity index (χ4v) is 10.9. The number of esters is 1. The number of hydrogen-bond acceptors (Lipinski definition) is 9. The number of para-hydroxylation sites is 1. The predicted octanol–water partition coefficient (Wildman–Crippen LogP) is 4.46. The molecule has 3 aliphatic heterocycles. The normalized spacial score (nSPS) is 24.9. The van der Waals surface area contributed by atoms with Gasteiger partial charge in [0.15, 0.2) is 20.1 Å². The molecule has 2 fully saturated rings. The first kappa shape index (κ1) is 34.7. The third-order valence-electron chi connectivity index (χ3n) is 10.6. The van der Waals surface area contributed by atoms with E-state index < -0.39 is 32.2 Å². The van der Waals surface area contributed by atoms with Crippen molar-refractivity contribution in [1.82, 2.24) is 15.0 Å². The van der Waals surface area contributed by atoms with E-state index >= 15 is 0 Å². The average molecular weight is 710 g/mol. The zero-order chi connectivity index (χ0) is 36.1. The molecule has 1 aromatic heterocycles. The van der Waals surface area contributed by atoms with Crippen molar-refractivity contribution in [3.05, 3.63) is 107 Å². The number of aromatic nitrogens is 3. The van der Waals surface area contributed by atoms with E-state index in [2.05, 4.69) is 10.3 Å². The van der Waals surface area contributed by atoms with Gasteiger partial charge in [-0.05, 0) is 48.8 Å². The quantitative estimate of drug-likeness (QED) is 0.131. The number of rotatable bonds is 11. The van der Waals surface area contributed by atoms with Crippen molar-refractivity contribution >= 4 is 37.5 Å². The molecule has 0 radical (unpaired) electrons. The highest BCUT2D eigenvalue weighted by Gasteiger charge is 2.66. The third kappa shape index (κ3) is 6.17. The van der Waals surface area contributed by atoms with E-state index in [1.165, 1.54) is 11.8 Å². The molecule has 2 saturated heterocycles. The molecule has 0 saturated carbocycles. The topological polar surface area (TPSA) is 147 Å². The highest BCUT2D eigenvalue weighted by atomic mass is 28.4. The Hall–Kier alpha value is -4.69. The lowest BCUT2D eigenvalue weighted by atomic mass is 9.82. The number of aryl methyl sites for hydroxylation is 1. The summed E-state index contributed by atoms with van der Waals surface area (Å²) >= 11 is 0. The van der Waals surface area contributed by atoms with Crippen LogP contribution in [0.4, 0.5) is 11.4 Å². The second-order valence-electron chi connectivity index (χ2n) is 14.3. The number of anilines is 2. The van der Waals surface area contributed by atoms with Crippen molar-refractivity contribution in [2.75, 3.05) is 16.4 Å². The van der Waals surface area contributed by atoms with Crippen LogP contribution < -0.4 is 9.80 Å². The van der Waals surface area contributed by atoms with E-state index in [1.807, 2.05) is 92.9 Å². The monoisotopic (exact) mass is 709 g/mol. The summed E-state index contributed by atoms with van der Waals surface area (Å²) in [5, 5.41) is 18.9. The Bertz CT molecular complexity index is 1930. The minimum absolute atomic E-state index is 0.0995. The van der Waals surface area contributed by atoms with Gasteiger partial charge in [-0.15, -0.1) is 5.10 Å². The lowest BCUT2D eigenvalue weighted by Gasteiger charge is -2.39. The van der Waals surface area contributed by atoms with Gasteiger partial charge in [0.2, 0.25) is 5.91 Å². The van der Waals surface area contributed by atoms with E-state index in [4.69, 9.17) is 9.47 Å². The Labute approximate surface area is 297 Å². The Balaban J connectivity index is 1.12. The molecule has 3 aromatic carbocycles. The summed E-state index contributed by atoms with van der Waals surface area (Å²) in [7, 11) is -2.87. The summed E-state index contributed by atoms with van der Waals surface area (Å²) in [5.41, 5.74) is 3.12. The molecule has 51 heavy (non-hydrogen) atoms. The summed E-state index contributed by atoms with van der Waals surface area (Å²) in [5.74, 6) is -1.35. The fraction of sp³-hybridized carbons (Fsp3) is 0.395. The predicted molar refractivity (Wildman–Crippen MR) is 191 cm³/mol. The molecule has 266 valence electrons. The van der Waals surface area contributed by atoms with Crippen molar-refractivity contribution < 1.29 is 33.8 Å². The minimum atomic E-state index is -2.87. The fourth-order valence-electron chi connectivity index (χ4n) is 8.28. The van der Waals surface area contributed by atoms with Gasteiger partial charge in [0.05, 0.1) is 43.0 Å². The summed E-state index contributed by atoms with van der Waals surface area (Å²) < 4.78 is 14.0. The number of fused-ring (bicyclic) bond motifs is 2. The van der Waals surface area contributed by atoms with E-state index in [-0.39, 0.29) is 48.8 Å². The molecule has 3 aliphatic rings. The summed E-state index contributed by atoms with van der Waals surface area (Å²) in [6.07, 6.45) is 1.46. The first-order valence-electron chi connectivity index (χ1n) is 17.4. The molecule has 2 N–H and O–H groups in total. The van der Waals surface area contributed by atoms with Crippen molar-refractivity contribution in [1.29, 1.82) is 0 Å². The van der Waals surface area contributed by atoms with Crippen LogP contribution in [0.15, 0.2) is 85.1 Å². The number of hydrogen-bond donors (Lipinski definition) is 2. The van der Waals surface area contributed by atoms with Gasteiger partial charge in [-0.25, -0.2) is 0 Å². The van der Waals surface area contributed by atoms with Crippen LogP contribution in [0.5, 0.6) is 0 Å². The molecule has 6 atom stereocenters. The number of aliphatic hydroxyl groups is 1. The Morgan fingerprint density at radius 3 is 2.43 bits per heavy atom. The van der Waals surface area contributed by atoms with Crippen LogP contribution in [0.3, 0.4) is 0 Å². The number of amides is 2. The average Bonchev–Trinajstić information content (AvgIpc) is 3.75. The Kier molecular flexibility index (Phi) is 9.17. The molecule has 12 nitrogen and oxygen atoms in total. The Morgan fingerprint density at radius 1 is 1.06 bits per heavy atom.